The molecular formula is C20H22FN3O2. The van der Waals surface area contributed by atoms with E-state index in [0.717, 1.165) is 17.7 Å². The number of hydrogen-bond donors (Lipinski definition) is 2. The molecule has 136 valence electrons. The third-order valence-corrected chi connectivity index (χ3v) is 4.61. The maximum Gasteiger partial charge on any atom is 0.319 e. The molecule has 2 N–H and O–H groups in total. The Kier molecular flexibility index (Phi) is 5.21. The van der Waals surface area contributed by atoms with Crippen LogP contribution in [0.2, 0.25) is 0 Å². The minimum atomic E-state index is -0.589. The van der Waals surface area contributed by atoms with Gasteiger partial charge in [0.25, 0.3) is 0 Å². The SMILES string of the molecule is CCc1ccccc1NC(=O)NC1CCN(c2ccc(F)c(C)c2)C1=O. The van der Waals surface area contributed by atoms with Gasteiger partial charge in [0, 0.05) is 17.9 Å². The number of carbonyl (C=O) groups is 2. The molecule has 5 nitrogen and oxygen atoms in total. The molecule has 1 unspecified atom stereocenters. The number of amides is 3. The number of hydrogen-bond acceptors (Lipinski definition) is 2. The number of rotatable bonds is 4. The van der Waals surface area contributed by atoms with Gasteiger partial charge in [-0.3, -0.25) is 4.79 Å². The van der Waals surface area contributed by atoms with Crippen molar-refractivity contribution in [3.05, 3.63) is 59.4 Å². The fourth-order valence-electron chi connectivity index (χ4n) is 3.13. The molecule has 1 saturated heterocycles. The Morgan fingerprint density at radius 3 is 2.77 bits per heavy atom. The van der Waals surface area contributed by atoms with Crippen LogP contribution in [0.1, 0.15) is 24.5 Å². The first-order valence-corrected chi connectivity index (χ1v) is 8.72. The quantitative estimate of drug-likeness (QED) is 0.880. The molecule has 2 aromatic rings. The summed E-state index contributed by atoms with van der Waals surface area (Å²) >= 11 is 0. The molecule has 0 saturated carbocycles. The average Bonchev–Trinajstić information content (AvgIpc) is 2.98. The van der Waals surface area contributed by atoms with Crippen LogP contribution in [0.15, 0.2) is 42.5 Å². The van der Waals surface area contributed by atoms with Gasteiger partial charge in [-0.1, -0.05) is 25.1 Å². The molecule has 0 bridgehead atoms. The minimum Gasteiger partial charge on any atom is -0.326 e. The first-order chi connectivity index (χ1) is 12.5. The first kappa shape index (κ1) is 17.9. The molecule has 6 heteroatoms. The molecule has 1 fully saturated rings. The summed E-state index contributed by atoms with van der Waals surface area (Å²) in [7, 11) is 0. The van der Waals surface area contributed by atoms with E-state index in [-0.39, 0.29) is 11.7 Å². The molecular weight excluding hydrogens is 333 g/mol. The van der Waals surface area contributed by atoms with Crippen LogP contribution in [0, 0.1) is 12.7 Å². The molecule has 26 heavy (non-hydrogen) atoms. The zero-order valence-corrected chi connectivity index (χ0v) is 14.9. The Morgan fingerprint density at radius 2 is 2.04 bits per heavy atom. The number of para-hydroxylation sites is 1. The number of urea groups is 1. The van der Waals surface area contributed by atoms with Gasteiger partial charge >= 0.3 is 6.03 Å². The van der Waals surface area contributed by atoms with E-state index in [4.69, 9.17) is 0 Å². The number of nitrogens with one attached hydrogen (secondary N) is 2. The largest absolute Gasteiger partial charge is 0.326 e. The number of halogens is 1. The van der Waals surface area contributed by atoms with Gasteiger partial charge in [0.05, 0.1) is 0 Å². The number of benzene rings is 2. The van der Waals surface area contributed by atoms with E-state index in [1.54, 1.807) is 24.0 Å². The molecule has 0 spiro atoms. The van der Waals surface area contributed by atoms with E-state index in [9.17, 15) is 14.0 Å². The fourth-order valence-corrected chi connectivity index (χ4v) is 3.13. The Balaban J connectivity index is 1.65. The van der Waals surface area contributed by atoms with E-state index in [0.29, 0.717) is 24.2 Å². The first-order valence-electron chi connectivity index (χ1n) is 8.72. The lowest BCUT2D eigenvalue weighted by Crippen LogP contribution is -2.43. The molecule has 1 aliphatic rings. The van der Waals surface area contributed by atoms with Gasteiger partial charge in [-0.05, 0) is 55.2 Å². The third-order valence-electron chi connectivity index (χ3n) is 4.61. The lowest BCUT2D eigenvalue weighted by molar-refractivity contribution is -0.118. The lowest BCUT2D eigenvalue weighted by atomic mass is 10.1. The number of carbonyl (C=O) groups excluding carboxylic acids is 2. The smallest absolute Gasteiger partial charge is 0.319 e. The summed E-state index contributed by atoms with van der Waals surface area (Å²) < 4.78 is 13.4. The molecule has 0 aliphatic carbocycles. The second-order valence-corrected chi connectivity index (χ2v) is 6.37. The second kappa shape index (κ2) is 7.56. The summed E-state index contributed by atoms with van der Waals surface area (Å²) in [4.78, 5) is 26.5. The van der Waals surface area contributed by atoms with Crippen molar-refractivity contribution >= 4 is 23.3 Å². The Morgan fingerprint density at radius 1 is 1.27 bits per heavy atom. The number of nitrogens with zero attached hydrogens (tertiary/aromatic N) is 1. The highest BCUT2D eigenvalue weighted by Gasteiger charge is 2.33. The van der Waals surface area contributed by atoms with Crippen molar-refractivity contribution in [1.82, 2.24) is 5.32 Å². The second-order valence-electron chi connectivity index (χ2n) is 6.37. The van der Waals surface area contributed by atoms with E-state index in [2.05, 4.69) is 10.6 Å². The molecule has 0 radical (unpaired) electrons. The summed E-state index contributed by atoms with van der Waals surface area (Å²) in [6.45, 7) is 4.16. The van der Waals surface area contributed by atoms with Crippen LogP contribution >= 0.6 is 0 Å². The molecule has 1 atom stereocenters. The van der Waals surface area contributed by atoms with Gasteiger partial charge in [-0.2, -0.15) is 0 Å². The molecule has 1 heterocycles. The molecule has 1 aliphatic heterocycles. The molecule has 2 aromatic carbocycles. The van der Waals surface area contributed by atoms with Gasteiger partial charge < -0.3 is 15.5 Å². The highest BCUT2D eigenvalue weighted by Crippen LogP contribution is 2.24. The van der Waals surface area contributed by atoms with Gasteiger partial charge in [-0.25, -0.2) is 9.18 Å². The van der Waals surface area contributed by atoms with Gasteiger partial charge in [-0.15, -0.1) is 0 Å². The summed E-state index contributed by atoms with van der Waals surface area (Å²) in [6, 6.07) is 11.2. The fraction of sp³-hybridized carbons (Fsp3) is 0.300. The van der Waals surface area contributed by atoms with Crippen LogP contribution in [-0.2, 0) is 11.2 Å². The van der Waals surface area contributed by atoms with Crippen molar-refractivity contribution in [3.63, 3.8) is 0 Å². The normalized spacial score (nSPS) is 16.7. The molecule has 3 amide bonds. The van der Waals surface area contributed by atoms with Crippen LogP contribution in [0.4, 0.5) is 20.6 Å². The summed E-state index contributed by atoms with van der Waals surface area (Å²) in [5.74, 6) is -0.487. The maximum absolute atomic E-state index is 13.4. The standard InChI is InChI=1S/C20H22FN3O2/c1-3-14-6-4-5-7-17(14)22-20(26)23-18-10-11-24(19(18)25)15-8-9-16(21)13(2)12-15/h4-9,12,18H,3,10-11H2,1-2H3,(H2,22,23,26). The van der Waals surface area contributed by atoms with Crippen molar-refractivity contribution in [3.8, 4) is 0 Å². The monoisotopic (exact) mass is 355 g/mol. The highest BCUT2D eigenvalue weighted by molar-refractivity contribution is 6.02. The van der Waals surface area contributed by atoms with Gasteiger partial charge in [0.1, 0.15) is 11.9 Å². The summed E-state index contributed by atoms with van der Waals surface area (Å²) in [5.41, 5.74) is 2.91. The lowest BCUT2D eigenvalue weighted by Gasteiger charge is -2.18. The van der Waals surface area contributed by atoms with Crippen LogP contribution in [0.5, 0.6) is 0 Å². The topological polar surface area (TPSA) is 61.4 Å². The van der Waals surface area contributed by atoms with Crippen molar-refractivity contribution in [1.29, 1.82) is 0 Å². The van der Waals surface area contributed by atoms with E-state index in [1.165, 1.54) is 6.07 Å². The molecule has 0 aromatic heterocycles. The zero-order valence-electron chi connectivity index (χ0n) is 14.9. The molecule has 3 rings (SSSR count). The van der Waals surface area contributed by atoms with Crippen molar-refractivity contribution in [2.75, 3.05) is 16.8 Å². The van der Waals surface area contributed by atoms with E-state index < -0.39 is 12.1 Å². The van der Waals surface area contributed by atoms with Crippen molar-refractivity contribution in [2.24, 2.45) is 0 Å². The van der Waals surface area contributed by atoms with Crippen LogP contribution in [0.3, 0.4) is 0 Å². The van der Waals surface area contributed by atoms with Crippen LogP contribution in [0.25, 0.3) is 0 Å². The van der Waals surface area contributed by atoms with Gasteiger partial charge in [0.15, 0.2) is 0 Å². The summed E-state index contributed by atoms with van der Waals surface area (Å²) in [5, 5.41) is 5.55. The predicted octanol–water partition coefficient (Wildman–Crippen LogP) is 3.62. The number of anilines is 2. The third kappa shape index (κ3) is 3.69. The summed E-state index contributed by atoms with van der Waals surface area (Å²) in [6.07, 6.45) is 1.31. The van der Waals surface area contributed by atoms with Gasteiger partial charge in [0.2, 0.25) is 5.91 Å². The maximum atomic E-state index is 13.4. The van der Waals surface area contributed by atoms with E-state index >= 15 is 0 Å². The average molecular weight is 355 g/mol. The zero-order chi connectivity index (χ0) is 18.7. The Labute approximate surface area is 152 Å². The predicted molar refractivity (Wildman–Crippen MR) is 99.9 cm³/mol. The van der Waals surface area contributed by atoms with Crippen LogP contribution < -0.4 is 15.5 Å². The van der Waals surface area contributed by atoms with Crippen molar-refractivity contribution in [2.45, 2.75) is 32.7 Å². The van der Waals surface area contributed by atoms with Crippen molar-refractivity contribution < 1.29 is 14.0 Å². The highest BCUT2D eigenvalue weighted by atomic mass is 19.1. The minimum absolute atomic E-state index is 0.185. The Bertz CT molecular complexity index is 838. The Hall–Kier alpha value is -2.89. The van der Waals surface area contributed by atoms with E-state index in [1.807, 2.05) is 31.2 Å². The number of aryl methyl sites for hydroxylation is 2. The van der Waals surface area contributed by atoms with Crippen LogP contribution in [-0.4, -0.2) is 24.5 Å².